The zero-order chi connectivity index (χ0) is 12.0. The molecule has 0 aromatic heterocycles. The molecule has 2 atom stereocenters. The first-order valence-corrected chi connectivity index (χ1v) is 6.26. The third kappa shape index (κ3) is 3.46. The Kier molecular flexibility index (Phi) is 5.77. The molecule has 94 valence electrons. The number of carbonyl (C=O) groups excluding carboxylic acids is 1. The van der Waals surface area contributed by atoms with Gasteiger partial charge >= 0.3 is 0 Å². The summed E-state index contributed by atoms with van der Waals surface area (Å²) >= 11 is 0. The molecule has 4 nitrogen and oxygen atoms in total. The molecule has 1 aliphatic rings. The number of nitrogens with zero attached hydrogens (tertiary/aromatic N) is 1. The molecule has 2 unspecified atom stereocenters. The van der Waals surface area contributed by atoms with Crippen LogP contribution in [-0.2, 0) is 4.79 Å². The number of aliphatic hydroxyl groups is 1. The minimum atomic E-state index is 0.0553. The standard InChI is InChI=1S/C12H24N2O2/c1-10(9-13-2)12(16)14-7-3-5-11(14)6-4-8-15/h10-11,13,15H,3-9H2,1-2H3. The fraction of sp³-hybridized carbons (Fsp3) is 0.917. The van der Waals surface area contributed by atoms with Crippen molar-refractivity contribution in [2.75, 3.05) is 26.7 Å². The minimum Gasteiger partial charge on any atom is -0.396 e. The van der Waals surface area contributed by atoms with Crippen molar-refractivity contribution in [1.82, 2.24) is 10.2 Å². The van der Waals surface area contributed by atoms with Crippen LogP contribution in [0.1, 0.15) is 32.6 Å². The molecule has 0 spiro atoms. The van der Waals surface area contributed by atoms with Crippen molar-refractivity contribution in [3.8, 4) is 0 Å². The van der Waals surface area contributed by atoms with Crippen molar-refractivity contribution in [2.45, 2.75) is 38.6 Å². The first-order valence-electron chi connectivity index (χ1n) is 6.26. The summed E-state index contributed by atoms with van der Waals surface area (Å²) in [6.07, 6.45) is 3.94. The molecule has 1 fully saturated rings. The normalized spacial score (nSPS) is 22.4. The van der Waals surface area contributed by atoms with E-state index >= 15 is 0 Å². The van der Waals surface area contributed by atoms with Gasteiger partial charge in [-0.05, 0) is 32.7 Å². The molecule has 0 radical (unpaired) electrons. The number of rotatable bonds is 6. The van der Waals surface area contributed by atoms with E-state index in [1.807, 2.05) is 18.9 Å². The Bertz CT molecular complexity index is 221. The third-order valence-electron chi connectivity index (χ3n) is 3.29. The summed E-state index contributed by atoms with van der Waals surface area (Å²) in [4.78, 5) is 14.1. The monoisotopic (exact) mass is 228 g/mol. The average molecular weight is 228 g/mol. The second-order valence-corrected chi connectivity index (χ2v) is 4.65. The molecular weight excluding hydrogens is 204 g/mol. The van der Waals surface area contributed by atoms with Crippen LogP contribution in [0.5, 0.6) is 0 Å². The van der Waals surface area contributed by atoms with Gasteiger partial charge in [-0.15, -0.1) is 0 Å². The van der Waals surface area contributed by atoms with Gasteiger partial charge in [-0.25, -0.2) is 0 Å². The maximum atomic E-state index is 12.1. The summed E-state index contributed by atoms with van der Waals surface area (Å²) in [5.41, 5.74) is 0. The number of amides is 1. The molecule has 1 heterocycles. The number of carbonyl (C=O) groups is 1. The number of hydrogen-bond acceptors (Lipinski definition) is 3. The van der Waals surface area contributed by atoms with Crippen LogP contribution in [0.2, 0.25) is 0 Å². The van der Waals surface area contributed by atoms with Gasteiger partial charge in [-0.3, -0.25) is 4.79 Å². The van der Waals surface area contributed by atoms with Crippen molar-refractivity contribution in [1.29, 1.82) is 0 Å². The van der Waals surface area contributed by atoms with E-state index in [0.29, 0.717) is 6.04 Å². The van der Waals surface area contributed by atoms with Gasteiger partial charge in [0.05, 0.1) is 0 Å². The predicted octanol–water partition coefficient (Wildman–Crippen LogP) is 0.605. The molecule has 16 heavy (non-hydrogen) atoms. The van der Waals surface area contributed by atoms with E-state index in [-0.39, 0.29) is 18.4 Å². The smallest absolute Gasteiger partial charge is 0.226 e. The molecular formula is C12H24N2O2. The highest BCUT2D eigenvalue weighted by molar-refractivity contribution is 5.79. The van der Waals surface area contributed by atoms with Gasteiger partial charge in [-0.2, -0.15) is 0 Å². The highest BCUT2D eigenvalue weighted by Crippen LogP contribution is 2.23. The lowest BCUT2D eigenvalue weighted by molar-refractivity contribution is -0.135. The second-order valence-electron chi connectivity index (χ2n) is 4.65. The van der Waals surface area contributed by atoms with Gasteiger partial charge in [0.15, 0.2) is 0 Å². The summed E-state index contributed by atoms with van der Waals surface area (Å²) in [5.74, 6) is 0.314. The summed E-state index contributed by atoms with van der Waals surface area (Å²) < 4.78 is 0. The van der Waals surface area contributed by atoms with E-state index in [4.69, 9.17) is 5.11 Å². The van der Waals surface area contributed by atoms with Crippen LogP contribution >= 0.6 is 0 Å². The number of hydrogen-bond donors (Lipinski definition) is 2. The van der Waals surface area contributed by atoms with E-state index in [9.17, 15) is 4.79 Å². The lowest BCUT2D eigenvalue weighted by Crippen LogP contribution is -2.41. The topological polar surface area (TPSA) is 52.6 Å². The molecule has 1 rings (SSSR count). The summed E-state index contributed by atoms with van der Waals surface area (Å²) in [5, 5.41) is 11.9. The van der Waals surface area contributed by atoms with Gasteiger partial charge in [0.2, 0.25) is 5.91 Å². The van der Waals surface area contributed by atoms with Crippen LogP contribution in [0, 0.1) is 5.92 Å². The van der Waals surface area contributed by atoms with Crippen molar-refractivity contribution in [3.05, 3.63) is 0 Å². The van der Waals surface area contributed by atoms with Crippen LogP contribution in [0.15, 0.2) is 0 Å². The lowest BCUT2D eigenvalue weighted by atomic mass is 10.1. The van der Waals surface area contributed by atoms with Crippen LogP contribution in [0.3, 0.4) is 0 Å². The number of nitrogens with one attached hydrogen (secondary N) is 1. The molecule has 0 aromatic carbocycles. The Balaban J connectivity index is 2.46. The van der Waals surface area contributed by atoms with Crippen molar-refractivity contribution in [2.24, 2.45) is 5.92 Å². The van der Waals surface area contributed by atoms with E-state index < -0.39 is 0 Å². The fourth-order valence-electron chi connectivity index (χ4n) is 2.43. The van der Waals surface area contributed by atoms with Crippen molar-refractivity contribution in [3.63, 3.8) is 0 Å². The van der Waals surface area contributed by atoms with Crippen LogP contribution in [-0.4, -0.2) is 48.7 Å². The predicted molar refractivity (Wildman–Crippen MR) is 64.1 cm³/mol. The molecule has 1 saturated heterocycles. The minimum absolute atomic E-state index is 0.0553. The van der Waals surface area contributed by atoms with Gasteiger partial charge in [0.1, 0.15) is 0 Å². The quantitative estimate of drug-likeness (QED) is 0.700. The molecule has 0 aliphatic carbocycles. The first kappa shape index (κ1) is 13.5. The Morgan fingerprint density at radius 3 is 3.00 bits per heavy atom. The fourth-order valence-corrected chi connectivity index (χ4v) is 2.43. The highest BCUT2D eigenvalue weighted by atomic mass is 16.3. The van der Waals surface area contributed by atoms with Gasteiger partial charge in [0, 0.05) is 31.7 Å². The Labute approximate surface area is 98.0 Å². The van der Waals surface area contributed by atoms with Crippen LogP contribution < -0.4 is 5.32 Å². The largest absolute Gasteiger partial charge is 0.396 e. The van der Waals surface area contributed by atoms with E-state index in [1.54, 1.807) is 0 Å². The molecule has 2 N–H and O–H groups in total. The molecule has 0 bridgehead atoms. The van der Waals surface area contributed by atoms with Crippen molar-refractivity contribution >= 4 is 5.91 Å². The Morgan fingerprint density at radius 1 is 1.62 bits per heavy atom. The number of aliphatic hydroxyl groups excluding tert-OH is 1. The zero-order valence-corrected chi connectivity index (χ0v) is 10.4. The summed E-state index contributed by atoms with van der Waals surface area (Å²) in [6, 6.07) is 0.360. The Morgan fingerprint density at radius 2 is 2.38 bits per heavy atom. The second kappa shape index (κ2) is 6.86. The molecule has 0 saturated carbocycles. The average Bonchev–Trinajstić information content (AvgIpc) is 2.73. The molecule has 1 aliphatic heterocycles. The van der Waals surface area contributed by atoms with Crippen LogP contribution in [0.4, 0.5) is 0 Å². The van der Waals surface area contributed by atoms with Gasteiger partial charge in [-0.1, -0.05) is 6.92 Å². The van der Waals surface area contributed by atoms with E-state index in [1.165, 1.54) is 0 Å². The Hall–Kier alpha value is -0.610. The van der Waals surface area contributed by atoms with Crippen molar-refractivity contribution < 1.29 is 9.90 Å². The molecule has 4 heteroatoms. The van der Waals surface area contributed by atoms with Crippen LogP contribution in [0.25, 0.3) is 0 Å². The highest BCUT2D eigenvalue weighted by Gasteiger charge is 2.30. The van der Waals surface area contributed by atoms with Gasteiger partial charge in [0.25, 0.3) is 0 Å². The van der Waals surface area contributed by atoms with Gasteiger partial charge < -0.3 is 15.3 Å². The number of likely N-dealkylation sites (tertiary alicyclic amines) is 1. The lowest BCUT2D eigenvalue weighted by Gasteiger charge is -2.27. The van der Waals surface area contributed by atoms with E-state index in [2.05, 4.69) is 5.32 Å². The first-order chi connectivity index (χ1) is 7.70. The molecule has 1 amide bonds. The maximum Gasteiger partial charge on any atom is 0.226 e. The zero-order valence-electron chi connectivity index (χ0n) is 10.4. The summed E-state index contributed by atoms with van der Waals surface area (Å²) in [7, 11) is 1.87. The maximum absolute atomic E-state index is 12.1. The molecule has 0 aromatic rings. The SMILES string of the molecule is CNCC(C)C(=O)N1CCCC1CCCO. The van der Waals surface area contributed by atoms with E-state index in [0.717, 1.165) is 38.8 Å². The summed E-state index contributed by atoms with van der Waals surface area (Å²) in [6.45, 7) is 3.83. The third-order valence-corrected chi connectivity index (χ3v) is 3.29.